The van der Waals surface area contributed by atoms with Crippen LogP contribution in [0.25, 0.3) is 0 Å². The van der Waals surface area contributed by atoms with Gasteiger partial charge in [-0.15, -0.1) is 0 Å². The first-order valence-electron chi connectivity index (χ1n) is 8.86. The zero-order valence-electron chi connectivity index (χ0n) is 14.5. The van der Waals surface area contributed by atoms with Gasteiger partial charge in [0.1, 0.15) is 6.04 Å². The molecule has 6 nitrogen and oxygen atoms in total. The van der Waals surface area contributed by atoms with E-state index in [0.717, 1.165) is 24.1 Å². The SMILES string of the molecule is COC(=O)[C@@H]1CCCCN1C(=O)CC[C@@H]1Cc2ccccc2NC1=O. The summed E-state index contributed by atoms with van der Waals surface area (Å²) in [5.41, 5.74) is 1.96. The van der Waals surface area contributed by atoms with Crippen molar-refractivity contribution in [3.63, 3.8) is 0 Å². The fourth-order valence-corrected chi connectivity index (χ4v) is 3.70. The van der Waals surface area contributed by atoms with Crippen LogP contribution in [0.3, 0.4) is 0 Å². The van der Waals surface area contributed by atoms with E-state index in [1.54, 1.807) is 4.90 Å². The first kappa shape index (κ1) is 17.5. The van der Waals surface area contributed by atoms with Crippen molar-refractivity contribution in [2.75, 3.05) is 19.0 Å². The normalized spacial score (nSPS) is 22.8. The number of likely N-dealkylation sites (tertiary alicyclic amines) is 1. The van der Waals surface area contributed by atoms with Gasteiger partial charge in [-0.2, -0.15) is 0 Å². The smallest absolute Gasteiger partial charge is 0.328 e. The molecule has 1 aromatic carbocycles. The average molecular weight is 344 g/mol. The molecule has 0 unspecified atom stereocenters. The molecule has 1 saturated heterocycles. The van der Waals surface area contributed by atoms with Crippen molar-refractivity contribution in [3.05, 3.63) is 29.8 Å². The van der Waals surface area contributed by atoms with Crippen LogP contribution in [0.5, 0.6) is 0 Å². The van der Waals surface area contributed by atoms with Crippen LogP contribution in [-0.4, -0.2) is 42.4 Å². The molecule has 2 amide bonds. The number of nitrogens with one attached hydrogen (secondary N) is 1. The van der Waals surface area contributed by atoms with Crippen molar-refractivity contribution in [2.24, 2.45) is 5.92 Å². The molecule has 2 atom stereocenters. The van der Waals surface area contributed by atoms with Gasteiger partial charge in [-0.05, 0) is 43.7 Å². The van der Waals surface area contributed by atoms with Crippen molar-refractivity contribution < 1.29 is 19.1 Å². The molecule has 25 heavy (non-hydrogen) atoms. The quantitative estimate of drug-likeness (QED) is 0.849. The first-order valence-corrected chi connectivity index (χ1v) is 8.86. The fourth-order valence-electron chi connectivity index (χ4n) is 3.70. The number of methoxy groups -OCH3 is 1. The number of piperidine rings is 1. The molecule has 2 aliphatic rings. The maximum Gasteiger partial charge on any atom is 0.328 e. The van der Waals surface area contributed by atoms with Gasteiger partial charge < -0.3 is 15.0 Å². The van der Waals surface area contributed by atoms with E-state index in [1.165, 1.54) is 7.11 Å². The molecule has 2 aliphatic heterocycles. The number of nitrogens with zero attached hydrogens (tertiary/aromatic N) is 1. The van der Waals surface area contributed by atoms with Crippen LogP contribution in [0.4, 0.5) is 5.69 Å². The summed E-state index contributed by atoms with van der Waals surface area (Å²) in [4.78, 5) is 38.4. The van der Waals surface area contributed by atoms with Crippen molar-refractivity contribution in [1.29, 1.82) is 0 Å². The van der Waals surface area contributed by atoms with E-state index in [0.29, 0.717) is 25.8 Å². The highest BCUT2D eigenvalue weighted by Gasteiger charge is 2.33. The Morgan fingerprint density at radius 3 is 2.88 bits per heavy atom. The van der Waals surface area contributed by atoms with Crippen molar-refractivity contribution in [1.82, 2.24) is 4.90 Å². The molecule has 0 saturated carbocycles. The van der Waals surface area contributed by atoms with Gasteiger partial charge in [0.15, 0.2) is 0 Å². The standard InChI is InChI=1S/C19H24N2O4/c1-25-19(24)16-8-4-5-11-21(16)17(22)10-9-14-12-13-6-2-3-7-15(13)20-18(14)23/h2-3,6-7,14,16H,4-5,8-12H2,1H3,(H,20,23)/t14-,16+/m1/s1. The van der Waals surface area contributed by atoms with Crippen LogP contribution in [0.1, 0.15) is 37.7 Å². The van der Waals surface area contributed by atoms with E-state index in [-0.39, 0.29) is 30.1 Å². The minimum Gasteiger partial charge on any atom is -0.467 e. The topological polar surface area (TPSA) is 75.7 Å². The maximum atomic E-state index is 12.6. The Morgan fingerprint density at radius 2 is 2.08 bits per heavy atom. The van der Waals surface area contributed by atoms with Gasteiger partial charge in [0, 0.05) is 24.6 Å². The van der Waals surface area contributed by atoms with Crippen LogP contribution in [0.15, 0.2) is 24.3 Å². The minimum absolute atomic E-state index is 0.0327. The second kappa shape index (κ2) is 7.68. The summed E-state index contributed by atoms with van der Waals surface area (Å²) in [6, 6.07) is 7.26. The van der Waals surface area contributed by atoms with Gasteiger partial charge in [0.05, 0.1) is 7.11 Å². The van der Waals surface area contributed by atoms with Crippen LogP contribution >= 0.6 is 0 Å². The van der Waals surface area contributed by atoms with Crippen molar-refractivity contribution in [3.8, 4) is 0 Å². The van der Waals surface area contributed by atoms with Crippen LogP contribution in [-0.2, 0) is 25.5 Å². The molecule has 0 spiro atoms. The summed E-state index contributed by atoms with van der Waals surface area (Å²) in [5.74, 6) is -0.658. The Hall–Kier alpha value is -2.37. The number of para-hydroxylation sites is 1. The number of fused-ring (bicyclic) bond motifs is 1. The Kier molecular flexibility index (Phi) is 5.36. The number of anilines is 1. The third kappa shape index (κ3) is 3.83. The Bertz CT molecular complexity index is 673. The van der Waals surface area contributed by atoms with E-state index < -0.39 is 6.04 Å². The lowest BCUT2D eigenvalue weighted by Crippen LogP contribution is -2.48. The molecule has 134 valence electrons. The van der Waals surface area contributed by atoms with E-state index in [4.69, 9.17) is 4.74 Å². The molecule has 1 fully saturated rings. The van der Waals surface area contributed by atoms with Crippen LogP contribution in [0.2, 0.25) is 0 Å². The summed E-state index contributed by atoms with van der Waals surface area (Å²) in [6.45, 7) is 0.582. The van der Waals surface area contributed by atoms with E-state index in [9.17, 15) is 14.4 Å². The summed E-state index contributed by atoms with van der Waals surface area (Å²) in [5, 5.41) is 2.91. The Labute approximate surface area is 147 Å². The van der Waals surface area contributed by atoms with Crippen LogP contribution in [0, 0.1) is 5.92 Å². The fraction of sp³-hybridized carbons (Fsp3) is 0.526. The predicted molar refractivity (Wildman–Crippen MR) is 92.9 cm³/mol. The number of carbonyl (C=O) groups is 3. The molecule has 6 heteroatoms. The molecule has 1 N–H and O–H groups in total. The lowest BCUT2D eigenvalue weighted by Gasteiger charge is -2.34. The van der Waals surface area contributed by atoms with E-state index in [2.05, 4.69) is 5.32 Å². The molecule has 0 aliphatic carbocycles. The van der Waals surface area contributed by atoms with Crippen LogP contribution < -0.4 is 5.32 Å². The third-order valence-electron chi connectivity index (χ3n) is 5.12. The number of hydrogen-bond donors (Lipinski definition) is 1. The molecule has 1 aromatic rings. The number of benzene rings is 1. The van der Waals surface area contributed by atoms with E-state index >= 15 is 0 Å². The number of hydrogen-bond acceptors (Lipinski definition) is 4. The minimum atomic E-state index is -0.479. The largest absolute Gasteiger partial charge is 0.467 e. The highest BCUT2D eigenvalue weighted by Crippen LogP contribution is 2.28. The average Bonchev–Trinajstić information content (AvgIpc) is 2.65. The van der Waals surface area contributed by atoms with E-state index in [1.807, 2.05) is 24.3 Å². The van der Waals surface area contributed by atoms with Crippen molar-refractivity contribution in [2.45, 2.75) is 44.6 Å². The molecule has 0 aromatic heterocycles. The number of carbonyl (C=O) groups excluding carboxylic acids is 3. The molecule has 2 heterocycles. The highest BCUT2D eigenvalue weighted by molar-refractivity contribution is 5.96. The van der Waals surface area contributed by atoms with Gasteiger partial charge in [-0.25, -0.2) is 4.79 Å². The molecule has 3 rings (SSSR count). The summed E-state index contributed by atoms with van der Waals surface area (Å²) < 4.78 is 4.82. The lowest BCUT2D eigenvalue weighted by molar-refractivity contribution is -0.154. The van der Waals surface area contributed by atoms with Crippen molar-refractivity contribution >= 4 is 23.5 Å². The second-order valence-electron chi connectivity index (χ2n) is 6.71. The zero-order chi connectivity index (χ0) is 17.8. The predicted octanol–water partition coefficient (Wildman–Crippen LogP) is 2.13. The Morgan fingerprint density at radius 1 is 1.28 bits per heavy atom. The number of rotatable bonds is 4. The summed E-state index contributed by atoms with van der Waals surface area (Å²) >= 11 is 0. The number of amides is 2. The summed E-state index contributed by atoms with van der Waals surface area (Å²) in [7, 11) is 1.35. The van der Waals surface area contributed by atoms with Gasteiger partial charge in [0.25, 0.3) is 0 Å². The zero-order valence-corrected chi connectivity index (χ0v) is 14.5. The monoisotopic (exact) mass is 344 g/mol. The van der Waals surface area contributed by atoms with Gasteiger partial charge in [0.2, 0.25) is 11.8 Å². The third-order valence-corrected chi connectivity index (χ3v) is 5.12. The highest BCUT2D eigenvalue weighted by atomic mass is 16.5. The molecule has 0 bridgehead atoms. The second-order valence-corrected chi connectivity index (χ2v) is 6.71. The summed E-state index contributed by atoms with van der Waals surface area (Å²) in [6.07, 6.45) is 3.88. The van der Waals surface area contributed by atoms with Gasteiger partial charge in [-0.1, -0.05) is 18.2 Å². The molecular formula is C19H24N2O4. The first-order chi connectivity index (χ1) is 12.1. The molecular weight excluding hydrogens is 320 g/mol. The van der Waals surface area contributed by atoms with Gasteiger partial charge in [-0.3, -0.25) is 9.59 Å². The molecule has 0 radical (unpaired) electrons. The van der Waals surface area contributed by atoms with Gasteiger partial charge >= 0.3 is 5.97 Å². The Balaban J connectivity index is 1.60. The lowest BCUT2D eigenvalue weighted by atomic mass is 9.89. The number of ether oxygens (including phenoxy) is 1. The number of esters is 1. The maximum absolute atomic E-state index is 12.6.